The molecule has 94 valence electrons. The van der Waals surface area contributed by atoms with Crippen LogP contribution in [0, 0.1) is 9.54 Å². The van der Waals surface area contributed by atoms with Crippen LogP contribution >= 0.6 is 24.4 Å². The Kier molecular flexibility index (Phi) is 4.00. The number of imidazole rings is 1. The van der Waals surface area contributed by atoms with Crippen LogP contribution in [0.15, 0.2) is 24.3 Å². The normalized spacial score (nSPS) is 10.1. The third kappa shape index (κ3) is 2.90. The van der Waals surface area contributed by atoms with Gasteiger partial charge in [0.15, 0.2) is 4.77 Å². The molecule has 2 heterocycles. The Bertz CT molecular complexity index is 698. The number of rotatable bonds is 1. The molecular weight excluding hydrogens is 268 g/mol. The highest BCUT2D eigenvalue weighted by Crippen LogP contribution is 2.06. The van der Waals surface area contributed by atoms with E-state index in [1.54, 1.807) is 4.68 Å². The summed E-state index contributed by atoms with van der Waals surface area (Å²) in [6, 6.07) is 7.92. The van der Waals surface area contributed by atoms with Crippen molar-refractivity contribution in [3.05, 3.63) is 33.8 Å². The first kappa shape index (κ1) is 12.7. The van der Waals surface area contributed by atoms with Crippen molar-refractivity contribution in [1.82, 2.24) is 30.2 Å². The Morgan fingerprint density at radius 2 is 1.78 bits per heavy atom. The summed E-state index contributed by atoms with van der Waals surface area (Å²) in [5.74, 6) is 0. The first-order valence-electron chi connectivity index (χ1n) is 5.35. The molecule has 3 rings (SSSR count). The maximum absolute atomic E-state index is 4.90. The van der Waals surface area contributed by atoms with Crippen LogP contribution in [0.2, 0.25) is 0 Å². The molecule has 0 bridgehead atoms. The molecular formula is C10H12N6S2. The summed E-state index contributed by atoms with van der Waals surface area (Å²) in [7, 11) is 0. The van der Waals surface area contributed by atoms with Gasteiger partial charge in [-0.1, -0.05) is 22.4 Å². The average Bonchev–Trinajstić information content (AvgIpc) is 2.94. The second kappa shape index (κ2) is 5.69. The maximum atomic E-state index is 4.90. The fourth-order valence-corrected chi connectivity index (χ4v) is 1.83. The molecule has 0 saturated heterocycles. The van der Waals surface area contributed by atoms with Crippen LogP contribution in [0.25, 0.3) is 11.0 Å². The van der Waals surface area contributed by atoms with Crippen molar-refractivity contribution in [3.63, 3.8) is 0 Å². The lowest BCUT2D eigenvalue weighted by Crippen LogP contribution is -1.95. The lowest BCUT2D eigenvalue weighted by Gasteiger charge is -1.87. The molecule has 0 amide bonds. The van der Waals surface area contributed by atoms with Crippen LogP contribution in [0.1, 0.15) is 6.92 Å². The van der Waals surface area contributed by atoms with Gasteiger partial charge in [0.05, 0.1) is 11.0 Å². The van der Waals surface area contributed by atoms with Gasteiger partial charge in [0.2, 0.25) is 4.77 Å². The summed E-state index contributed by atoms with van der Waals surface area (Å²) < 4.78 is 2.86. The molecule has 3 aromatic rings. The molecule has 0 aliphatic carbocycles. The highest BCUT2D eigenvalue weighted by atomic mass is 32.1. The van der Waals surface area contributed by atoms with Crippen molar-refractivity contribution in [3.8, 4) is 0 Å². The van der Waals surface area contributed by atoms with E-state index in [0.717, 1.165) is 17.6 Å². The van der Waals surface area contributed by atoms with Gasteiger partial charge in [-0.25, -0.2) is 4.68 Å². The second-order valence-corrected chi connectivity index (χ2v) is 4.22. The number of nitrogens with one attached hydrogen (secondary N) is 3. The van der Waals surface area contributed by atoms with E-state index in [1.165, 1.54) is 0 Å². The predicted octanol–water partition coefficient (Wildman–Crippen LogP) is 2.58. The van der Waals surface area contributed by atoms with E-state index >= 15 is 0 Å². The molecule has 0 spiro atoms. The Morgan fingerprint density at radius 3 is 2.17 bits per heavy atom. The minimum Gasteiger partial charge on any atom is -0.331 e. The Morgan fingerprint density at radius 1 is 1.17 bits per heavy atom. The van der Waals surface area contributed by atoms with Crippen LogP contribution in [-0.2, 0) is 6.54 Å². The molecule has 1 aromatic carbocycles. The van der Waals surface area contributed by atoms with E-state index in [9.17, 15) is 0 Å². The fraction of sp³-hybridized carbons (Fsp3) is 0.200. The van der Waals surface area contributed by atoms with Crippen LogP contribution in [0.5, 0.6) is 0 Å². The van der Waals surface area contributed by atoms with E-state index in [-0.39, 0.29) is 0 Å². The molecule has 18 heavy (non-hydrogen) atoms. The number of fused-ring (bicyclic) bond motifs is 1. The van der Waals surface area contributed by atoms with Gasteiger partial charge in [-0.15, -0.1) is 0 Å². The lowest BCUT2D eigenvalue weighted by atomic mass is 10.3. The van der Waals surface area contributed by atoms with Crippen LogP contribution in [0.4, 0.5) is 0 Å². The smallest absolute Gasteiger partial charge is 0.238 e. The van der Waals surface area contributed by atoms with Crippen molar-refractivity contribution in [1.29, 1.82) is 0 Å². The van der Waals surface area contributed by atoms with Gasteiger partial charge in [-0.3, -0.25) is 0 Å². The molecule has 0 fully saturated rings. The van der Waals surface area contributed by atoms with Gasteiger partial charge in [-0.2, -0.15) is 5.21 Å². The zero-order valence-electron chi connectivity index (χ0n) is 9.67. The number of nitrogens with zero attached hydrogens (tertiary/aromatic N) is 3. The van der Waals surface area contributed by atoms with E-state index in [1.807, 2.05) is 31.2 Å². The monoisotopic (exact) mass is 280 g/mol. The third-order valence-electron chi connectivity index (χ3n) is 2.27. The molecule has 0 radical (unpaired) electrons. The summed E-state index contributed by atoms with van der Waals surface area (Å²) in [5, 5.41) is 9.64. The van der Waals surface area contributed by atoms with Crippen molar-refractivity contribution >= 4 is 35.5 Å². The van der Waals surface area contributed by atoms with Gasteiger partial charge >= 0.3 is 0 Å². The largest absolute Gasteiger partial charge is 0.331 e. The summed E-state index contributed by atoms with van der Waals surface area (Å²) >= 11 is 9.64. The first-order valence-corrected chi connectivity index (χ1v) is 6.17. The van der Waals surface area contributed by atoms with Gasteiger partial charge in [-0.05, 0) is 43.5 Å². The van der Waals surface area contributed by atoms with Crippen molar-refractivity contribution < 1.29 is 0 Å². The maximum Gasteiger partial charge on any atom is 0.238 e. The lowest BCUT2D eigenvalue weighted by molar-refractivity contribution is 0.620. The zero-order chi connectivity index (χ0) is 13.0. The van der Waals surface area contributed by atoms with Crippen LogP contribution in [0.3, 0.4) is 0 Å². The number of aromatic amines is 3. The van der Waals surface area contributed by atoms with E-state index in [2.05, 4.69) is 25.5 Å². The summed E-state index contributed by atoms with van der Waals surface area (Å²) in [6.45, 7) is 2.77. The minimum absolute atomic E-state index is 0.507. The molecule has 3 N–H and O–H groups in total. The van der Waals surface area contributed by atoms with Crippen molar-refractivity contribution in [2.75, 3.05) is 0 Å². The van der Waals surface area contributed by atoms with Gasteiger partial charge < -0.3 is 9.97 Å². The molecule has 0 atom stereocenters. The summed E-state index contributed by atoms with van der Waals surface area (Å²) in [4.78, 5) is 6.04. The number of aromatic nitrogens is 6. The molecule has 0 saturated carbocycles. The van der Waals surface area contributed by atoms with Gasteiger partial charge in [0.1, 0.15) is 0 Å². The Balaban J connectivity index is 0.000000138. The number of hydrogen-bond acceptors (Lipinski definition) is 4. The minimum atomic E-state index is 0.507. The molecule has 0 aliphatic rings. The number of H-pyrrole nitrogens is 3. The van der Waals surface area contributed by atoms with E-state index in [0.29, 0.717) is 9.54 Å². The van der Waals surface area contributed by atoms with Crippen LogP contribution in [-0.4, -0.2) is 30.2 Å². The fourth-order valence-electron chi connectivity index (χ4n) is 1.40. The number of tetrazole rings is 1. The summed E-state index contributed by atoms with van der Waals surface area (Å²) in [5.41, 5.74) is 2.13. The van der Waals surface area contributed by atoms with E-state index in [4.69, 9.17) is 24.4 Å². The molecule has 0 aliphatic heterocycles. The quantitative estimate of drug-likeness (QED) is 0.599. The SMILES string of the molecule is CCn1[nH]nnc1=S.S=c1[nH]c2ccccc2[nH]1. The second-order valence-electron chi connectivity index (χ2n) is 3.45. The third-order valence-corrected chi connectivity index (χ3v) is 2.78. The first-order chi connectivity index (χ1) is 8.70. The van der Waals surface area contributed by atoms with E-state index < -0.39 is 0 Å². The topological polar surface area (TPSA) is 78.1 Å². The Hall–Kier alpha value is -1.80. The molecule has 0 unspecified atom stereocenters. The predicted molar refractivity (Wildman–Crippen MR) is 74.4 cm³/mol. The highest BCUT2D eigenvalue weighted by Gasteiger charge is 1.90. The number of para-hydroxylation sites is 2. The molecule has 6 nitrogen and oxygen atoms in total. The summed E-state index contributed by atoms with van der Waals surface area (Å²) in [6.07, 6.45) is 0. The van der Waals surface area contributed by atoms with Gasteiger partial charge in [0.25, 0.3) is 0 Å². The highest BCUT2D eigenvalue weighted by molar-refractivity contribution is 7.71. The Labute approximate surface area is 113 Å². The molecule has 2 aromatic heterocycles. The number of hydrogen-bond donors (Lipinski definition) is 3. The van der Waals surface area contributed by atoms with Crippen molar-refractivity contribution in [2.45, 2.75) is 13.5 Å². The average molecular weight is 280 g/mol. The molecule has 8 heteroatoms. The van der Waals surface area contributed by atoms with Crippen LogP contribution < -0.4 is 0 Å². The van der Waals surface area contributed by atoms with Gasteiger partial charge in [0, 0.05) is 6.54 Å². The zero-order valence-corrected chi connectivity index (χ0v) is 11.3. The number of benzene rings is 1. The van der Waals surface area contributed by atoms with Crippen molar-refractivity contribution in [2.24, 2.45) is 0 Å². The number of aryl methyl sites for hydroxylation is 1. The standard InChI is InChI=1S/C7H6N2S.C3H6N4S/c10-7-8-5-3-1-2-4-6(5)9-7;1-2-7-3(8)4-5-6-7/h1-4H,(H2,8,9,10);2H2,1H3,(H,4,6,8).